The summed E-state index contributed by atoms with van der Waals surface area (Å²) < 4.78 is 0. The number of aliphatic hydroxyl groups is 1. The van der Waals surface area contributed by atoms with Gasteiger partial charge in [-0.3, -0.25) is 0 Å². The second-order valence-electron chi connectivity index (χ2n) is 6.35. The van der Waals surface area contributed by atoms with E-state index < -0.39 is 0 Å². The van der Waals surface area contributed by atoms with Crippen LogP contribution in [0.4, 0.5) is 0 Å². The van der Waals surface area contributed by atoms with Crippen LogP contribution in [0.1, 0.15) is 47.0 Å². The minimum Gasteiger partial charge on any atom is -0.396 e. The number of nitrogens with one attached hydrogen (secondary N) is 1. The molecule has 3 atom stereocenters. The second-order valence-corrected chi connectivity index (χ2v) is 6.35. The average Bonchev–Trinajstić information content (AvgIpc) is 2.37. The summed E-state index contributed by atoms with van der Waals surface area (Å²) in [6.45, 7) is 11.4. The molecule has 0 aliphatic carbocycles. The van der Waals surface area contributed by atoms with Crippen LogP contribution in [0.3, 0.4) is 0 Å². The molecule has 108 valence electrons. The highest BCUT2D eigenvalue weighted by Gasteiger charge is 2.31. The Kier molecular flexibility index (Phi) is 6.09. The van der Waals surface area contributed by atoms with Gasteiger partial charge in [-0.25, -0.2) is 0 Å². The number of piperidine rings is 1. The first-order valence-corrected chi connectivity index (χ1v) is 7.52. The van der Waals surface area contributed by atoms with E-state index in [0.717, 1.165) is 19.4 Å². The Morgan fingerprint density at radius 2 is 1.89 bits per heavy atom. The number of hydrogen-bond donors (Lipinski definition) is 2. The summed E-state index contributed by atoms with van der Waals surface area (Å²) in [5, 5.41) is 13.3. The molecule has 1 aliphatic heterocycles. The van der Waals surface area contributed by atoms with Crippen molar-refractivity contribution in [3.05, 3.63) is 0 Å². The van der Waals surface area contributed by atoms with Gasteiger partial charge in [0.15, 0.2) is 0 Å². The molecular formula is C15H32N2O. The van der Waals surface area contributed by atoms with Gasteiger partial charge >= 0.3 is 0 Å². The van der Waals surface area contributed by atoms with E-state index in [4.69, 9.17) is 0 Å². The van der Waals surface area contributed by atoms with E-state index in [9.17, 15) is 5.11 Å². The lowest BCUT2D eigenvalue weighted by Crippen LogP contribution is -2.53. The quantitative estimate of drug-likeness (QED) is 0.764. The first-order valence-electron chi connectivity index (χ1n) is 7.52. The molecule has 0 aromatic rings. The van der Waals surface area contributed by atoms with Gasteiger partial charge in [0.2, 0.25) is 0 Å². The van der Waals surface area contributed by atoms with Crippen LogP contribution in [0.2, 0.25) is 0 Å². The van der Waals surface area contributed by atoms with Gasteiger partial charge in [0.05, 0.1) is 0 Å². The predicted octanol–water partition coefficient (Wildman–Crippen LogP) is 2.10. The number of rotatable bonds is 6. The van der Waals surface area contributed by atoms with Crippen LogP contribution in [0, 0.1) is 11.3 Å². The molecule has 1 fully saturated rings. The third-order valence-electron chi connectivity index (χ3n) is 5.19. The van der Waals surface area contributed by atoms with Gasteiger partial charge in [0, 0.05) is 37.2 Å². The molecule has 1 heterocycles. The third-order valence-corrected chi connectivity index (χ3v) is 5.19. The Labute approximate surface area is 113 Å². The number of aliphatic hydroxyl groups excluding tert-OH is 1. The fourth-order valence-electron chi connectivity index (χ4n) is 2.95. The van der Waals surface area contributed by atoms with E-state index in [1.807, 2.05) is 0 Å². The Bertz CT molecular complexity index is 232. The Hall–Kier alpha value is -0.120. The van der Waals surface area contributed by atoms with E-state index in [1.54, 1.807) is 0 Å². The van der Waals surface area contributed by atoms with Gasteiger partial charge in [-0.1, -0.05) is 20.8 Å². The molecule has 3 unspecified atom stereocenters. The van der Waals surface area contributed by atoms with Crippen molar-refractivity contribution >= 4 is 0 Å². The van der Waals surface area contributed by atoms with Crippen molar-refractivity contribution < 1.29 is 5.11 Å². The zero-order valence-electron chi connectivity index (χ0n) is 12.9. The van der Waals surface area contributed by atoms with E-state index in [0.29, 0.717) is 24.6 Å². The number of hydrogen-bond acceptors (Lipinski definition) is 3. The molecule has 1 rings (SSSR count). The predicted molar refractivity (Wildman–Crippen MR) is 77.8 cm³/mol. The van der Waals surface area contributed by atoms with Crippen LogP contribution in [0.5, 0.6) is 0 Å². The summed E-state index contributed by atoms with van der Waals surface area (Å²) in [6, 6.07) is 1.26. The van der Waals surface area contributed by atoms with Crippen molar-refractivity contribution in [1.29, 1.82) is 0 Å². The normalized spacial score (nSPS) is 30.7. The molecule has 3 nitrogen and oxygen atoms in total. The van der Waals surface area contributed by atoms with Crippen molar-refractivity contribution in [3.63, 3.8) is 0 Å². The fraction of sp³-hybridized carbons (Fsp3) is 1.00. The molecule has 0 bridgehead atoms. The topological polar surface area (TPSA) is 35.5 Å². The Balaban J connectivity index is 2.51. The smallest absolute Gasteiger partial charge is 0.0499 e. The summed E-state index contributed by atoms with van der Waals surface area (Å²) in [5.74, 6) is 0.691. The van der Waals surface area contributed by atoms with E-state index >= 15 is 0 Å². The molecule has 0 saturated carbocycles. The SMILES string of the molecule is CCC(CC)(CO)CNC1CC(C)N(C)CC1C. The highest BCUT2D eigenvalue weighted by Crippen LogP contribution is 2.27. The van der Waals surface area contributed by atoms with Gasteiger partial charge < -0.3 is 15.3 Å². The van der Waals surface area contributed by atoms with Crippen LogP contribution in [0.15, 0.2) is 0 Å². The van der Waals surface area contributed by atoms with Crippen molar-refractivity contribution in [1.82, 2.24) is 10.2 Å². The molecule has 2 N–H and O–H groups in total. The Morgan fingerprint density at radius 3 is 2.39 bits per heavy atom. The van der Waals surface area contributed by atoms with E-state index in [2.05, 4.69) is 45.0 Å². The van der Waals surface area contributed by atoms with E-state index in [-0.39, 0.29) is 5.41 Å². The molecule has 0 radical (unpaired) electrons. The highest BCUT2D eigenvalue weighted by molar-refractivity contribution is 4.88. The molecule has 0 spiro atoms. The fourth-order valence-corrected chi connectivity index (χ4v) is 2.95. The lowest BCUT2D eigenvalue weighted by atomic mass is 9.82. The van der Waals surface area contributed by atoms with Crippen LogP contribution in [0.25, 0.3) is 0 Å². The van der Waals surface area contributed by atoms with Crippen LogP contribution >= 0.6 is 0 Å². The van der Waals surface area contributed by atoms with Crippen molar-refractivity contribution in [2.75, 3.05) is 26.7 Å². The summed E-state index contributed by atoms with van der Waals surface area (Å²) in [4.78, 5) is 2.45. The molecule has 0 amide bonds. The van der Waals surface area contributed by atoms with Gasteiger partial charge in [0.1, 0.15) is 0 Å². The largest absolute Gasteiger partial charge is 0.396 e. The van der Waals surface area contributed by atoms with Crippen molar-refractivity contribution in [2.45, 2.75) is 59.0 Å². The molecule has 3 heteroatoms. The molecule has 18 heavy (non-hydrogen) atoms. The molecule has 0 aromatic heterocycles. The highest BCUT2D eigenvalue weighted by atomic mass is 16.3. The van der Waals surface area contributed by atoms with E-state index in [1.165, 1.54) is 13.0 Å². The van der Waals surface area contributed by atoms with Crippen molar-refractivity contribution in [2.24, 2.45) is 11.3 Å². The number of likely N-dealkylation sites (tertiary alicyclic amines) is 1. The summed E-state index contributed by atoms with van der Waals surface area (Å²) >= 11 is 0. The number of nitrogens with zero attached hydrogens (tertiary/aromatic N) is 1. The zero-order valence-corrected chi connectivity index (χ0v) is 12.9. The molecular weight excluding hydrogens is 224 g/mol. The Morgan fingerprint density at radius 1 is 1.28 bits per heavy atom. The van der Waals surface area contributed by atoms with Gasteiger partial charge in [-0.2, -0.15) is 0 Å². The second kappa shape index (κ2) is 6.88. The lowest BCUT2D eigenvalue weighted by Gasteiger charge is -2.42. The third kappa shape index (κ3) is 3.69. The lowest BCUT2D eigenvalue weighted by molar-refractivity contribution is 0.0832. The van der Waals surface area contributed by atoms with Gasteiger partial charge in [-0.05, 0) is 39.2 Å². The standard InChI is InChI=1S/C15H32N2O/c1-6-15(7-2,11-18)10-16-14-8-13(4)17(5)9-12(14)3/h12-14,16,18H,6-11H2,1-5H3. The minimum absolute atomic E-state index is 0.0757. The minimum atomic E-state index is 0.0757. The first-order chi connectivity index (χ1) is 8.48. The monoisotopic (exact) mass is 256 g/mol. The molecule has 1 saturated heterocycles. The summed E-state index contributed by atoms with van der Waals surface area (Å²) in [7, 11) is 2.22. The summed E-state index contributed by atoms with van der Waals surface area (Å²) in [6.07, 6.45) is 3.31. The zero-order chi connectivity index (χ0) is 13.8. The van der Waals surface area contributed by atoms with Gasteiger partial charge in [-0.15, -0.1) is 0 Å². The van der Waals surface area contributed by atoms with Crippen LogP contribution in [-0.4, -0.2) is 48.8 Å². The van der Waals surface area contributed by atoms with Crippen LogP contribution in [-0.2, 0) is 0 Å². The van der Waals surface area contributed by atoms with Crippen molar-refractivity contribution in [3.8, 4) is 0 Å². The maximum absolute atomic E-state index is 9.62. The van der Waals surface area contributed by atoms with Crippen LogP contribution < -0.4 is 5.32 Å². The van der Waals surface area contributed by atoms with Gasteiger partial charge in [0.25, 0.3) is 0 Å². The maximum Gasteiger partial charge on any atom is 0.0499 e. The maximum atomic E-state index is 9.62. The average molecular weight is 256 g/mol. The first kappa shape index (κ1) is 15.9. The molecule has 1 aliphatic rings. The molecule has 0 aromatic carbocycles. The summed E-state index contributed by atoms with van der Waals surface area (Å²) in [5.41, 5.74) is 0.0757.